The van der Waals surface area contributed by atoms with E-state index >= 15 is 0 Å². The Morgan fingerprint density at radius 3 is 2.70 bits per heavy atom. The van der Waals surface area contributed by atoms with Crippen LogP contribution in [0.15, 0.2) is 40.2 Å². The number of carbonyl (C=O) groups is 2. The predicted molar refractivity (Wildman–Crippen MR) is 84.0 cm³/mol. The van der Waals surface area contributed by atoms with Gasteiger partial charge in [0.1, 0.15) is 11.5 Å². The minimum atomic E-state index is -1.56. The van der Waals surface area contributed by atoms with E-state index in [9.17, 15) is 9.59 Å². The highest BCUT2D eigenvalue weighted by Crippen LogP contribution is 2.35. The fourth-order valence-corrected chi connectivity index (χ4v) is 2.76. The van der Waals surface area contributed by atoms with E-state index in [1.807, 2.05) is 30.3 Å². The molecule has 2 aromatic heterocycles. The van der Waals surface area contributed by atoms with Crippen LogP contribution in [-0.2, 0) is 9.59 Å². The molecule has 3 aromatic rings. The van der Waals surface area contributed by atoms with Gasteiger partial charge in [-0.2, -0.15) is 0 Å². The van der Waals surface area contributed by atoms with Crippen molar-refractivity contribution in [3.05, 3.63) is 41.5 Å². The van der Waals surface area contributed by atoms with Crippen LogP contribution in [0.25, 0.3) is 22.5 Å². The van der Waals surface area contributed by atoms with E-state index in [0.29, 0.717) is 22.7 Å². The number of thiazole rings is 1. The molecule has 1 amide bonds. The van der Waals surface area contributed by atoms with Gasteiger partial charge in [0.2, 0.25) is 0 Å². The summed E-state index contributed by atoms with van der Waals surface area (Å²) in [5.74, 6) is -2.10. The molecule has 0 aliphatic rings. The zero-order chi connectivity index (χ0) is 16.4. The number of aliphatic carboxylic acids is 1. The lowest BCUT2D eigenvalue weighted by atomic mass is 10.0. The molecule has 0 radical (unpaired) electrons. The van der Waals surface area contributed by atoms with Crippen LogP contribution in [0.2, 0.25) is 0 Å². The van der Waals surface area contributed by atoms with Crippen LogP contribution < -0.4 is 5.32 Å². The third-order valence-corrected chi connectivity index (χ3v) is 3.84. The lowest BCUT2D eigenvalue weighted by Gasteiger charge is -1.99. The van der Waals surface area contributed by atoms with Crippen LogP contribution in [0, 0.1) is 6.92 Å². The van der Waals surface area contributed by atoms with Crippen molar-refractivity contribution in [2.45, 2.75) is 6.92 Å². The van der Waals surface area contributed by atoms with Gasteiger partial charge >= 0.3 is 11.9 Å². The van der Waals surface area contributed by atoms with Crippen molar-refractivity contribution in [2.24, 2.45) is 0 Å². The number of hydrogen-bond donors (Lipinski definition) is 2. The van der Waals surface area contributed by atoms with Gasteiger partial charge in [-0.1, -0.05) is 35.5 Å². The predicted octanol–water partition coefficient (Wildman–Crippen LogP) is 2.80. The van der Waals surface area contributed by atoms with E-state index in [0.717, 1.165) is 16.9 Å². The van der Waals surface area contributed by atoms with Gasteiger partial charge in [-0.05, 0) is 6.92 Å². The second-order valence-electron chi connectivity index (χ2n) is 4.63. The van der Waals surface area contributed by atoms with Crippen molar-refractivity contribution < 1.29 is 19.2 Å². The summed E-state index contributed by atoms with van der Waals surface area (Å²) in [7, 11) is 0. The van der Waals surface area contributed by atoms with Gasteiger partial charge in [-0.3, -0.25) is 10.1 Å². The quantitative estimate of drug-likeness (QED) is 0.716. The smallest absolute Gasteiger partial charge is 0.394 e. The number of hydrogen-bond acceptors (Lipinski definition) is 6. The minimum absolute atomic E-state index is 0.201. The zero-order valence-electron chi connectivity index (χ0n) is 11.9. The maximum atomic E-state index is 11.2. The van der Waals surface area contributed by atoms with Gasteiger partial charge in [0.15, 0.2) is 5.13 Å². The molecule has 2 heterocycles. The van der Waals surface area contributed by atoms with Crippen molar-refractivity contribution in [1.29, 1.82) is 0 Å². The van der Waals surface area contributed by atoms with Crippen LogP contribution in [-0.4, -0.2) is 27.1 Å². The highest BCUT2D eigenvalue weighted by atomic mass is 32.1. The number of carboxylic acid groups (broad SMARTS) is 1. The molecule has 8 heteroatoms. The van der Waals surface area contributed by atoms with Gasteiger partial charge in [0, 0.05) is 10.9 Å². The molecule has 116 valence electrons. The average Bonchev–Trinajstić information content (AvgIpc) is 3.14. The Morgan fingerprint density at radius 1 is 1.26 bits per heavy atom. The molecule has 0 atom stereocenters. The lowest BCUT2D eigenvalue weighted by Crippen LogP contribution is -2.21. The number of benzene rings is 1. The van der Waals surface area contributed by atoms with Gasteiger partial charge < -0.3 is 9.63 Å². The molecule has 0 aliphatic carbocycles. The Bertz CT molecular complexity index is 870. The molecule has 0 bridgehead atoms. The number of carboxylic acids is 1. The second kappa shape index (κ2) is 6.01. The maximum Gasteiger partial charge on any atom is 0.394 e. The van der Waals surface area contributed by atoms with Crippen molar-refractivity contribution in [3.8, 4) is 22.5 Å². The van der Waals surface area contributed by atoms with Crippen molar-refractivity contribution in [1.82, 2.24) is 10.1 Å². The highest BCUT2D eigenvalue weighted by molar-refractivity contribution is 7.14. The first-order valence-corrected chi connectivity index (χ1v) is 7.46. The van der Waals surface area contributed by atoms with Crippen LogP contribution in [0.4, 0.5) is 5.13 Å². The SMILES string of the molecule is Cc1onc(-c2ccccc2)c1-c1csc(NC(=O)C(=O)O)n1. The Hall–Kier alpha value is -3.00. The molecule has 0 saturated heterocycles. The summed E-state index contributed by atoms with van der Waals surface area (Å²) < 4.78 is 5.27. The molecule has 2 N–H and O–H groups in total. The Morgan fingerprint density at radius 2 is 2.00 bits per heavy atom. The molecule has 7 nitrogen and oxygen atoms in total. The first kappa shape index (κ1) is 14.9. The van der Waals surface area contributed by atoms with E-state index < -0.39 is 11.9 Å². The highest BCUT2D eigenvalue weighted by Gasteiger charge is 2.20. The van der Waals surface area contributed by atoms with Crippen LogP contribution >= 0.6 is 11.3 Å². The molecule has 23 heavy (non-hydrogen) atoms. The number of aromatic nitrogens is 2. The van der Waals surface area contributed by atoms with Crippen molar-refractivity contribution in [3.63, 3.8) is 0 Å². The van der Waals surface area contributed by atoms with Gasteiger partial charge in [-0.15, -0.1) is 11.3 Å². The largest absolute Gasteiger partial charge is 0.474 e. The number of nitrogens with one attached hydrogen (secondary N) is 1. The van der Waals surface area contributed by atoms with Crippen molar-refractivity contribution in [2.75, 3.05) is 5.32 Å². The van der Waals surface area contributed by atoms with Crippen LogP contribution in [0.5, 0.6) is 0 Å². The fourth-order valence-electron chi connectivity index (χ4n) is 2.06. The van der Waals surface area contributed by atoms with E-state index in [1.54, 1.807) is 12.3 Å². The molecule has 0 saturated carbocycles. The van der Waals surface area contributed by atoms with E-state index in [2.05, 4.69) is 15.5 Å². The molecule has 0 fully saturated rings. The van der Waals surface area contributed by atoms with Gasteiger partial charge in [0.05, 0.1) is 11.3 Å². The summed E-state index contributed by atoms with van der Waals surface area (Å²) in [6, 6.07) is 9.49. The summed E-state index contributed by atoms with van der Waals surface area (Å²) >= 11 is 1.13. The van der Waals surface area contributed by atoms with E-state index in [1.165, 1.54) is 0 Å². The lowest BCUT2D eigenvalue weighted by molar-refractivity contribution is -0.147. The van der Waals surface area contributed by atoms with Gasteiger partial charge in [0.25, 0.3) is 0 Å². The van der Waals surface area contributed by atoms with Gasteiger partial charge in [-0.25, -0.2) is 9.78 Å². The molecule has 3 rings (SSSR count). The van der Waals surface area contributed by atoms with Crippen LogP contribution in [0.3, 0.4) is 0 Å². The standard InChI is InChI=1S/C15H11N3O4S/c1-8-11(12(18-22-8)9-5-3-2-4-6-9)10-7-23-15(16-10)17-13(19)14(20)21/h2-7H,1H3,(H,20,21)(H,16,17,19). The first-order chi connectivity index (χ1) is 11.1. The summed E-state index contributed by atoms with van der Waals surface area (Å²) in [6.45, 7) is 1.77. The normalized spacial score (nSPS) is 10.5. The topological polar surface area (TPSA) is 105 Å². The number of aryl methyl sites for hydroxylation is 1. The molecular formula is C15H11N3O4S. The zero-order valence-corrected chi connectivity index (χ0v) is 12.8. The number of rotatable bonds is 3. The molecule has 0 spiro atoms. The number of amides is 1. The van der Waals surface area contributed by atoms with Crippen molar-refractivity contribution >= 4 is 28.3 Å². The monoisotopic (exact) mass is 329 g/mol. The van der Waals surface area contributed by atoms with Crippen LogP contribution in [0.1, 0.15) is 5.76 Å². The number of carbonyl (C=O) groups excluding carboxylic acids is 1. The summed E-state index contributed by atoms with van der Waals surface area (Å²) in [5.41, 5.74) is 2.80. The summed E-state index contributed by atoms with van der Waals surface area (Å²) in [4.78, 5) is 26.0. The number of anilines is 1. The first-order valence-electron chi connectivity index (χ1n) is 6.58. The Kier molecular flexibility index (Phi) is 3.90. The molecular weight excluding hydrogens is 318 g/mol. The Balaban J connectivity index is 1.97. The maximum absolute atomic E-state index is 11.2. The Labute approximate surface area is 134 Å². The van der Waals surface area contributed by atoms with E-state index in [4.69, 9.17) is 9.63 Å². The summed E-state index contributed by atoms with van der Waals surface area (Å²) in [6.07, 6.45) is 0. The minimum Gasteiger partial charge on any atom is -0.474 e. The fraction of sp³-hybridized carbons (Fsp3) is 0.0667. The molecule has 0 aliphatic heterocycles. The molecule has 0 unspecified atom stereocenters. The average molecular weight is 329 g/mol. The second-order valence-corrected chi connectivity index (χ2v) is 5.48. The molecule has 1 aromatic carbocycles. The summed E-state index contributed by atoms with van der Waals surface area (Å²) in [5, 5.41) is 16.8. The number of nitrogens with zero attached hydrogens (tertiary/aromatic N) is 2. The third-order valence-electron chi connectivity index (χ3n) is 3.08. The van der Waals surface area contributed by atoms with E-state index in [-0.39, 0.29) is 5.13 Å². The third kappa shape index (κ3) is 2.97.